The molecule has 2 fully saturated rings. The predicted molar refractivity (Wildman–Crippen MR) is 93.8 cm³/mol. The molecule has 0 saturated carbocycles. The highest BCUT2D eigenvalue weighted by molar-refractivity contribution is 6.38. The molecule has 3 N–H and O–H groups in total. The number of aromatic nitrogens is 1. The SMILES string of the molecule is O=C(c1[nH]c2ccccc2c1Cl)N1CCC2(CC1)C[C@@H](O)[C@@H](O)CO2. The fourth-order valence-electron chi connectivity index (χ4n) is 3.83. The summed E-state index contributed by atoms with van der Waals surface area (Å²) in [7, 11) is 0. The number of nitrogens with zero attached hydrogens (tertiary/aromatic N) is 1. The lowest BCUT2D eigenvalue weighted by atomic mass is 9.82. The van der Waals surface area contributed by atoms with Gasteiger partial charge in [-0.1, -0.05) is 29.8 Å². The lowest BCUT2D eigenvalue weighted by Gasteiger charge is -2.46. The van der Waals surface area contributed by atoms with Crippen LogP contribution in [0.2, 0.25) is 5.02 Å². The van der Waals surface area contributed by atoms with E-state index in [0.717, 1.165) is 10.9 Å². The van der Waals surface area contributed by atoms with E-state index >= 15 is 0 Å². The summed E-state index contributed by atoms with van der Waals surface area (Å²) in [4.78, 5) is 17.7. The quantitative estimate of drug-likeness (QED) is 0.721. The van der Waals surface area contributed by atoms with Gasteiger partial charge in [0.1, 0.15) is 11.8 Å². The molecule has 2 atom stereocenters. The number of carbonyl (C=O) groups is 1. The molecule has 2 saturated heterocycles. The highest BCUT2D eigenvalue weighted by Crippen LogP contribution is 2.36. The van der Waals surface area contributed by atoms with E-state index in [1.165, 1.54) is 0 Å². The molecule has 0 bridgehead atoms. The van der Waals surface area contributed by atoms with Crippen LogP contribution >= 0.6 is 11.6 Å². The van der Waals surface area contributed by atoms with Crippen molar-refractivity contribution in [3.05, 3.63) is 35.0 Å². The minimum absolute atomic E-state index is 0.118. The molecule has 2 aromatic rings. The third-order valence-corrected chi connectivity index (χ3v) is 5.80. The van der Waals surface area contributed by atoms with Gasteiger partial charge >= 0.3 is 0 Å². The van der Waals surface area contributed by atoms with Crippen molar-refractivity contribution in [3.8, 4) is 0 Å². The number of aliphatic hydroxyl groups is 2. The summed E-state index contributed by atoms with van der Waals surface area (Å²) in [6, 6.07) is 7.57. The molecule has 1 aromatic heterocycles. The number of aromatic amines is 1. The normalized spacial score (nSPS) is 26.3. The Hall–Kier alpha value is -1.60. The maximum atomic E-state index is 12.9. The molecule has 2 aliphatic heterocycles. The van der Waals surface area contributed by atoms with Crippen molar-refractivity contribution in [2.24, 2.45) is 0 Å². The summed E-state index contributed by atoms with van der Waals surface area (Å²) in [6.45, 7) is 1.21. The summed E-state index contributed by atoms with van der Waals surface area (Å²) in [5.41, 5.74) is 0.815. The number of H-pyrrole nitrogens is 1. The number of likely N-dealkylation sites (tertiary alicyclic amines) is 1. The first-order chi connectivity index (χ1) is 12.0. The minimum Gasteiger partial charge on any atom is -0.390 e. The third kappa shape index (κ3) is 2.93. The van der Waals surface area contributed by atoms with Crippen LogP contribution in [-0.2, 0) is 4.74 Å². The summed E-state index contributed by atoms with van der Waals surface area (Å²) in [6.07, 6.45) is 0.0963. The Kier molecular flexibility index (Phi) is 4.24. The molecule has 2 aliphatic rings. The van der Waals surface area contributed by atoms with Gasteiger partial charge in [-0.3, -0.25) is 4.79 Å². The van der Waals surface area contributed by atoms with Crippen molar-refractivity contribution >= 4 is 28.4 Å². The van der Waals surface area contributed by atoms with E-state index < -0.39 is 17.8 Å². The Morgan fingerprint density at radius 3 is 2.64 bits per heavy atom. The van der Waals surface area contributed by atoms with Crippen molar-refractivity contribution in [1.29, 1.82) is 0 Å². The highest BCUT2D eigenvalue weighted by atomic mass is 35.5. The topological polar surface area (TPSA) is 85.8 Å². The van der Waals surface area contributed by atoms with E-state index in [2.05, 4.69) is 4.98 Å². The van der Waals surface area contributed by atoms with Gasteiger partial charge in [-0.2, -0.15) is 0 Å². The van der Waals surface area contributed by atoms with Gasteiger partial charge in [-0.25, -0.2) is 0 Å². The molecule has 134 valence electrons. The van der Waals surface area contributed by atoms with Crippen LogP contribution in [0.5, 0.6) is 0 Å². The molecular formula is C18H21ClN2O4. The number of amides is 1. The van der Waals surface area contributed by atoms with E-state index in [1.54, 1.807) is 4.90 Å². The predicted octanol–water partition coefficient (Wildman–Crippen LogP) is 1.94. The fourth-order valence-corrected chi connectivity index (χ4v) is 4.12. The number of carbonyl (C=O) groups excluding carboxylic acids is 1. The number of para-hydroxylation sites is 1. The van der Waals surface area contributed by atoms with Gasteiger partial charge in [-0.15, -0.1) is 0 Å². The van der Waals surface area contributed by atoms with E-state index in [9.17, 15) is 15.0 Å². The monoisotopic (exact) mass is 364 g/mol. The molecule has 3 heterocycles. The van der Waals surface area contributed by atoms with Gasteiger partial charge in [0.15, 0.2) is 0 Å². The van der Waals surface area contributed by atoms with E-state index in [1.807, 2.05) is 24.3 Å². The number of fused-ring (bicyclic) bond motifs is 1. The minimum atomic E-state index is -0.824. The lowest BCUT2D eigenvalue weighted by Crippen LogP contribution is -2.55. The smallest absolute Gasteiger partial charge is 0.271 e. The van der Waals surface area contributed by atoms with Gasteiger partial charge < -0.3 is 24.8 Å². The van der Waals surface area contributed by atoms with Gasteiger partial charge in [0.2, 0.25) is 0 Å². The van der Waals surface area contributed by atoms with Gasteiger partial charge in [0, 0.05) is 30.4 Å². The van der Waals surface area contributed by atoms with Crippen LogP contribution in [0.3, 0.4) is 0 Å². The second-order valence-electron chi connectivity index (χ2n) is 6.98. The third-order valence-electron chi connectivity index (χ3n) is 5.40. The molecule has 4 rings (SSSR count). The number of benzene rings is 1. The Balaban J connectivity index is 1.48. The van der Waals surface area contributed by atoms with Crippen LogP contribution in [0.1, 0.15) is 29.8 Å². The Morgan fingerprint density at radius 1 is 1.24 bits per heavy atom. The number of rotatable bonds is 1. The number of aliphatic hydroxyl groups excluding tert-OH is 2. The summed E-state index contributed by atoms with van der Waals surface area (Å²) in [5.74, 6) is -0.118. The Bertz CT molecular complexity index is 797. The van der Waals surface area contributed by atoms with Crippen LogP contribution in [0.4, 0.5) is 0 Å². The van der Waals surface area contributed by atoms with E-state index in [4.69, 9.17) is 16.3 Å². The molecule has 6 nitrogen and oxygen atoms in total. The number of nitrogens with one attached hydrogen (secondary N) is 1. The van der Waals surface area contributed by atoms with E-state index in [0.29, 0.717) is 43.1 Å². The maximum Gasteiger partial charge on any atom is 0.271 e. The standard InChI is InChI=1S/C18H21ClN2O4/c19-15-11-3-1-2-4-12(11)20-16(15)17(24)21-7-5-18(6-8-21)9-13(22)14(23)10-25-18/h1-4,13-14,20,22-23H,5-10H2/t13-,14+/m1/s1. The van der Waals surface area contributed by atoms with Gasteiger partial charge in [-0.05, 0) is 18.9 Å². The molecule has 25 heavy (non-hydrogen) atoms. The van der Waals surface area contributed by atoms with Crippen LogP contribution in [-0.4, -0.2) is 63.5 Å². The molecule has 0 aliphatic carbocycles. The number of ether oxygens (including phenoxy) is 1. The first kappa shape index (κ1) is 16.8. The highest BCUT2D eigenvalue weighted by Gasteiger charge is 2.43. The van der Waals surface area contributed by atoms with Crippen molar-refractivity contribution in [3.63, 3.8) is 0 Å². The molecule has 7 heteroatoms. The summed E-state index contributed by atoms with van der Waals surface area (Å²) < 4.78 is 5.81. The molecule has 1 amide bonds. The van der Waals surface area contributed by atoms with Crippen molar-refractivity contribution < 1.29 is 19.7 Å². The number of hydrogen-bond donors (Lipinski definition) is 3. The van der Waals surface area contributed by atoms with Crippen LogP contribution in [0.25, 0.3) is 10.9 Å². The second-order valence-corrected chi connectivity index (χ2v) is 7.36. The number of halogens is 1. The first-order valence-corrected chi connectivity index (χ1v) is 8.92. The van der Waals surface area contributed by atoms with Crippen molar-refractivity contribution in [2.75, 3.05) is 19.7 Å². The number of piperidine rings is 1. The van der Waals surface area contributed by atoms with E-state index in [-0.39, 0.29) is 12.5 Å². The van der Waals surface area contributed by atoms with Gasteiger partial charge in [0.05, 0.1) is 23.3 Å². The fraction of sp³-hybridized carbons (Fsp3) is 0.500. The van der Waals surface area contributed by atoms with Gasteiger partial charge in [0.25, 0.3) is 5.91 Å². The number of hydrogen-bond acceptors (Lipinski definition) is 4. The average Bonchev–Trinajstić information content (AvgIpc) is 2.96. The van der Waals surface area contributed by atoms with Crippen molar-refractivity contribution in [2.45, 2.75) is 37.1 Å². The molecule has 1 aromatic carbocycles. The summed E-state index contributed by atoms with van der Waals surface area (Å²) in [5, 5.41) is 20.8. The van der Waals surface area contributed by atoms with Crippen LogP contribution in [0, 0.1) is 0 Å². The Morgan fingerprint density at radius 2 is 1.96 bits per heavy atom. The molecule has 1 spiro atoms. The lowest BCUT2D eigenvalue weighted by molar-refractivity contribution is -0.185. The van der Waals surface area contributed by atoms with Crippen molar-refractivity contribution in [1.82, 2.24) is 9.88 Å². The Labute approximate surface area is 150 Å². The average molecular weight is 365 g/mol. The van der Waals surface area contributed by atoms with Crippen LogP contribution in [0.15, 0.2) is 24.3 Å². The molecule has 0 unspecified atom stereocenters. The first-order valence-electron chi connectivity index (χ1n) is 8.55. The zero-order chi connectivity index (χ0) is 17.6. The second kappa shape index (κ2) is 6.29. The maximum absolute atomic E-state index is 12.9. The summed E-state index contributed by atoms with van der Waals surface area (Å²) >= 11 is 6.38. The zero-order valence-electron chi connectivity index (χ0n) is 13.7. The zero-order valence-corrected chi connectivity index (χ0v) is 14.5. The largest absolute Gasteiger partial charge is 0.390 e. The molecule has 0 radical (unpaired) electrons. The van der Waals surface area contributed by atoms with Crippen LogP contribution < -0.4 is 0 Å². The molecular weight excluding hydrogens is 344 g/mol.